The van der Waals surface area contributed by atoms with Crippen LogP contribution >= 0.6 is 0 Å². The molecule has 0 unspecified atom stereocenters. The highest BCUT2D eigenvalue weighted by molar-refractivity contribution is 5.73. The second kappa shape index (κ2) is 3.09. The fraction of sp³-hybridized carbons (Fsp3) is 0.462. The molecule has 1 heterocycles. The van der Waals surface area contributed by atoms with E-state index < -0.39 is 0 Å². The Morgan fingerprint density at radius 3 is 2.87 bits per heavy atom. The van der Waals surface area contributed by atoms with E-state index in [2.05, 4.69) is 12.1 Å². The third-order valence-corrected chi connectivity index (χ3v) is 3.73. The van der Waals surface area contributed by atoms with Crippen LogP contribution in [0.2, 0.25) is 0 Å². The standard InChI is InChI=1S/C13H14O2/c14-12-9-11-7-4-8-13(11,15-12)10-5-2-1-3-6-10/h1-3,5-6,11H,4,7-9H2/t11-,13+/m0/s1. The highest BCUT2D eigenvalue weighted by Gasteiger charge is 2.52. The second-order valence-electron chi connectivity index (χ2n) is 4.52. The Hall–Kier alpha value is -1.31. The van der Waals surface area contributed by atoms with Crippen molar-refractivity contribution in [1.29, 1.82) is 0 Å². The van der Waals surface area contributed by atoms with E-state index >= 15 is 0 Å². The Labute approximate surface area is 89.2 Å². The van der Waals surface area contributed by atoms with Crippen LogP contribution in [0.15, 0.2) is 30.3 Å². The molecule has 0 aromatic heterocycles. The molecule has 3 rings (SSSR count). The van der Waals surface area contributed by atoms with Crippen molar-refractivity contribution in [3.63, 3.8) is 0 Å². The lowest BCUT2D eigenvalue weighted by molar-refractivity contribution is -0.149. The van der Waals surface area contributed by atoms with Crippen LogP contribution < -0.4 is 0 Å². The first kappa shape index (κ1) is 8.96. The van der Waals surface area contributed by atoms with Gasteiger partial charge in [0.05, 0.1) is 6.42 Å². The molecule has 2 atom stereocenters. The molecule has 1 saturated heterocycles. The topological polar surface area (TPSA) is 26.3 Å². The molecule has 0 radical (unpaired) electrons. The normalized spacial score (nSPS) is 33.9. The lowest BCUT2D eigenvalue weighted by Gasteiger charge is -2.28. The molecule has 2 aliphatic rings. The van der Waals surface area contributed by atoms with E-state index in [1.54, 1.807) is 0 Å². The lowest BCUT2D eigenvalue weighted by Crippen LogP contribution is -2.27. The van der Waals surface area contributed by atoms with Crippen LogP contribution in [0.5, 0.6) is 0 Å². The summed E-state index contributed by atoms with van der Waals surface area (Å²) in [7, 11) is 0. The summed E-state index contributed by atoms with van der Waals surface area (Å²) in [6.45, 7) is 0. The second-order valence-corrected chi connectivity index (χ2v) is 4.52. The molecule has 78 valence electrons. The summed E-state index contributed by atoms with van der Waals surface area (Å²) < 4.78 is 5.62. The highest BCUT2D eigenvalue weighted by atomic mass is 16.6. The highest BCUT2D eigenvalue weighted by Crippen LogP contribution is 2.52. The van der Waals surface area contributed by atoms with Gasteiger partial charge in [0.15, 0.2) is 0 Å². The van der Waals surface area contributed by atoms with E-state index in [0.717, 1.165) is 12.8 Å². The Balaban J connectivity index is 2.05. The Morgan fingerprint density at radius 2 is 2.07 bits per heavy atom. The molecule has 1 aromatic carbocycles. The Kier molecular flexibility index (Phi) is 1.84. The van der Waals surface area contributed by atoms with Crippen LogP contribution in [0.3, 0.4) is 0 Å². The zero-order valence-corrected chi connectivity index (χ0v) is 8.61. The summed E-state index contributed by atoms with van der Waals surface area (Å²) >= 11 is 0. The number of carbonyl (C=O) groups excluding carboxylic acids is 1. The van der Waals surface area contributed by atoms with Crippen molar-refractivity contribution in [2.24, 2.45) is 5.92 Å². The molecule has 15 heavy (non-hydrogen) atoms. The molecule has 0 bridgehead atoms. The quantitative estimate of drug-likeness (QED) is 0.654. The van der Waals surface area contributed by atoms with Gasteiger partial charge in [0.1, 0.15) is 5.60 Å². The van der Waals surface area contributed by atoms with E-state index in [4.69, 9.17) is 4.74 Å². The first-order chi connectivity index (χ1) is 7.31. The zero-order chi connectivity index (χ0) is 10.3. The Morgan fingerprint density at radius 1 is 1.27 bits per heavy atom. The van der Waals surface area contributed by atoms with Gasteiger partial charge in [-0.3, -0.25) is 4.79 Å². The summed E-state index contributed by atoms with van der Waals surface area (Å²) in [5, 5.41) is 0. The zero-order valence-electron chi connectivity index (χ0n) is 8.61. The van der Waals surface area contributed by atoms with Crippen molar-refractivity contribution in [1.82, 2.24) is 0 Å². The minimum atomic E-state index is -0.279. The fourth-order valence-electron chi connectivity index (χ4n) is 3.05. The summed E-state index contributed by atoms with van der Waals surface area (Å²) in [4.78, 5) is 11.4. The minimum absolute atomic E-state index is 0.0245. The van der Waals surface area contributed by atoms with Crippen molar-refractivity contribution in [3.8, 4) is 0 Å². The average Bonchev–Trinajstić information content (AvgIpc) is 2.75. The third kappa shape index (κ3) is 1.21. The van der Waals surface area contributed by atoms with Crippen LogP contribution in [0.4, 0.5) is 0 Å². The van der Waals surface area contributed by atoms with Crippen LogP contribution in [-0.4, -0.2) is 5.97 Å². The fourth-order valence-corrected chi connectivity index (χ4v) is 3.05. The summed E-state index contributed by atoms with van der Waals surface area (Å²) in [5.74, 6) is 0.385. The number of carbonyl (C=O) groups is 1. The van der Waals surface area contributed by atoms with Gasteiger partial charge in [-0.15, -0.1) is 0 Å². The summed E-state index contributed by atoms with van der Waals surface area (Å²) in [5.41, 5.74) is 0.900. The molecule has 2 nitrogen and oxygen atoms in total. The number of benzene rings is 1. The van der Waals surface area contributed by atoms with Gasteiger partial charge >= 0.3 is 5.97 Å². The van der Waals surface area contributed by atoms with E-state index in [-0.39, 0.29) is 11.6 Å². The van der Waals surface area contributed by atoms with Crippen molar-refractivity contribution < 1.29 is 9.53 Å². The smallest absolute Gasteiger partial charge is 0.307 e. The monoisotopic (exact) mass is 202 g/mol. The summed E-state index contributed by atoms with van der Waals surface area (Å²) in [6.07, 6.45) is 3.90. The van der Waals surface area contributed by atoms with Crippen LogP contribution in [0, 0.1) is 5.92 Å². The maximum Gasteiger partial charge on any atom is 0.307 e. The minimum Gasteiger partial charge on any atom is -0.454 e. The van der Waals surface area contributed by atoms with Gasteiger partial charge in [-0.05, 0) is 24.8 Å². The summed E-state index contributed by atoms with van der Waals surface area (Å²) in [6, 6.07) is 10.2. The van der Waals surface area contributed by atoms with Gasteiger partial charge in [-0.2, -0.15) is 0 Å². The number of hydrogen-bond donors (Lipinski definition) is 0. The number of hydrogen-bond acceptors (Lipinski definition) is 2. The molecule has 2 fully saturated rings. The van der Waals surface area contributed by atoms with E-state index in [1.165, 1.54) is 12.0 Å². The molecular weight excluding hydrogens is 188 g/mol. The molecule has 1 saturated carbocycles. The molecule has 0 amide bonds. The van der Waals surface area contributed by atoms with Crippen molar-refractivity contribution in [3.05, 3.63) is 35.9 Å². The maximum atomic E-state index is 11.4. The number of esters is 1. The van der Waals surface area contributed by atoms with Crippen LogP contribution in [0.25, 0.3) is 0 Å². The molecule has 0 spiro atoms. The van der Waals surface area contributed by atoms with Gasteiger partial charge in [-0.25, -0.2) is 0 Å². The maximum absolute atomic E-state index is 11.4. The van der Waals surface area contributed by atoms with Gasteiger partial charge in [0, 0.05) is 5.92 Å². The third-order valence-electron chi connectivity index (χ3n) is 3.73. The molecule has 1 aliphatic heterocycles. The van der Waals surface area contributed by atoms with Gasteiger partial charge in [0.2, 0.25) is 0 Å². The van der Waals surface area contributed by atoms with E-state index in [0.29, 0.717) is 12.3 Å². The van der Waals surface area contributed by atoms with Gasteiger partial charge in [0.25, 0.3) is 0 Å². The van der Waals surface area contributed by atoms with Crippen LogP contribution in [-0.2, 0) is 15.1 Å². The van der Waals surface area contributed by atoms with E-state index in [1.807, 2.05) is 18.2 Å². The average molecular weight is 202 g/mol. The predicted molar refractivity (Wildman–Crippen MR) is 56.2 cm³/mol. The molecule has 2 heteroatoms. The number of ether oxygens (including phenoxy) is 1. The first-order valence-electron chi connectivity index (χ1n) is 5.59. The van der Waals surface area contributed by atoms with Crippen LogP contribution in [0.1, 0.15) is 31.2 Å². The first-order valence-corrected chi connectivity index (χ1v) is 5.59. The Bertz CT molecular complexity index is 385. The van der Waals surface area contributed by atoms with E-state index in [9.17, 15) is 4.79 Å². The van der Waals surface area contributed by atoms with Gasteiger partial charge in [-0.1, -0.05) is 30.3 Å². The number of rotatable bonds is 1. The van der Waals surface area contributed by atoms with Gasteiger partial charge < -0.3 is 4.74 Å². The van der Waals surface area contributed by atoms with Crippen molar-refractivity contribution in [2.75, 3.05) is 0 Å². The van der Waals surface area contributed by atoms with Crippen molar-refractivity contribution >= 4 is 5.97 Å². The predicted octanol–water partition coefficient (Wildman–Crippen LogP) is 2.63. The molecular formula is C13H14O2. The largest absolute Gasteiger partial charge is 0.454 e. The molecule has 1 aromatic rings. The van der Waals surface area contributed by atoms with Crippen molar-refractivity contribution in [2.45, 2.75) is 31.3 Å². The molecule has 0 N–H and O–H groups in total. The molecule has 1 aliphatic carbocycles. The SMILES string of the molecule is O=C1C[C@@H]2CCC[C@]2(c2ccccc2)O1. The lowest BCUT2D eigenvalue weighted by atomic mass is 9.84. The number of fused-ring (bicyclic) bond motifs is 1.